The number of rotatable bonds is 3. The van der Waals surface area contributed by atoms with Crippen molar-refractivity contribution in [1.29, 1.82) is 0 Å². The molecule has 0 saturated heterocycles. The van der Waals surface area contributed by atoms with E-state index < -0.39 is 17.9 Å². The summed E-state index contributed by atoms with van der Waals surface area (Å²) in [6, 6.07) is 16.0. The lowest BCUT2D eigenvalue weighted by Gasteiger charge is -2.34. The summed E-state index contributed by atoms with van der Waals surface area (Å²) in [6.45, 7) is 0. The minimum absolute atomic E-state index is 0.276. The number of alkyl halides is 2. The highest BCUT2D eigenvalue weighted by atomic mass is 79.9. The molecule has 0 saturated carbocycles. The maximum Gasteiger partial charge on any atom is 0.270 e. The number of hydrogen-bond donors (Lipinski definition) is 1. The summed E-state index contributed by atoms with van der Waals surface area (Å²) < 4.78 is 28.5. The third kappa shape index (κ3) is 3.14. The maximum atomic E-state index is 13.8. The summed E-state index contributed by atoms with van der Waals surface area (Å²) in [6.07, 6.45) is 3.24. The molecule has 1 unspecified atom stereocenters. The van der Waals surface area contributed by atoms with E-state index in [1.165, 1.54) is 6.08 Å². The molecule has 4 heteroatoms. The minimum Gasteiger partial charge on any atom is -0.376 e. The molecule has 0 aliphatic heterocycles. The molecule has 2 aromatic carbocycles. The van der Waals surface area contributed by atoms with E-state index in [-0.39, 0.29) is 5.57 Å². The van der Waals surface area contributed by atoms with Crippen molar-refractivity contribution in [1.82, 2.24) is 0 Å². The zero-order valence-electron chi connectivity index (χ0n) is 12.2. The molecule has 118 valence electrons. The second-order valence-electron chi connectivity index (χ2n) is 5.57. The van der Waals surface area contributed by atoms with Crippen molar-refractivity contribution in [2.24, 2.45) is 0 Å². The molecular formula is C19H15BrF2O. The SMILES string of the molecule is OC(C1=CC=CC(F)(F)C1)(c1ccccc1)c1ccc(Br)cc1. The van der Waals surface area contributed by atoms with Gasteiger partial charge < -0.3 is 5.11 Å². The van der Waals surface area contributed by atoms with Gasteiger partial charge in [-0.1, -0.05) is 70.5 Å². The highest BCUT2D eigenvalue weighted by Gasteiger charge is 2.41. The van der Waals surface area contributed by atoms with Crippen LogP contribution in [0.1, 0.15) is 17.5 Å². The van der Waals surface area contributed by atoms with Crippen LogP contribution in [-0.2, 0) is 5.60 Å². The summed E-state index contributed by atoms with van der Waals surface area (Å²) in [5.41, 5.74) is -0.182. The average molecular weight is 377 g/mol. The summed E-state index contributed by atoms with van der Waals surface area (Å²) in [7, 11) is 0. The van der Waals surface area contributed by atoms with Gasteiger partial charge in [-0.05, 0) is 34.9 Å². The van der Waals surface area contributed by atoms with Gasteiger partial charge in [0.05, 0.1) is 0 Å². The van der Waals surface area contributed by atoms with Gasteiger partial charge in [-0.3, -0.25) is 0 Å². The summed E-state index contributed by atoms with van der Waals surface area (Å²) in [5, 5.41) is 11.5. The Balaban J connectivity index is 2.17. The van der Waals surface area contributed by atoms with Crippen LogP contribution in [0.4, 0.5) is 8.78 Å². The van der Waals surface area contributed by atoms with E-state index in [1.807, 2.05) is 6.07 Å². The van der Waals surface area contributed by atoms with Crippen molar-refractivity contribution < 1.29 is 13.9 Å². The molecule has 3 rings (SSSR count). The van der Waals surface area contributed by atoms with Gasteiger partial charge in [0.1, 0.15) is 5.60 Å². The lowest BCUT2D eigenvalue weighted by Crippen LogP contribution is -2.34. The van der Waals surface area contributed by atoms with Gasteiger partial charge in [-0.25, -0.2) is 8.78 Å². The van der Waals surface area contributed by atoms with Crippen LogP contribution in [-0.4, -0.2) is 11.0 Å². The molecule has 0 fully saturated rings. The first-order chi connectivity index (χ1) is 10.9. The molecule has 0 aromatic heterocycles. The van der Waals surface area contributed by atoms with Crippen molar-refractivity contribution in [2.75, 3.05) is 0 Å². The number of aliphatic hydroxyl groups is 1. The molecule has 0 bridgehead atoms. The van der Waals surface area contributed by atoms with Gasteiger partial charge in [0.15, 0.2) is 0 Å². The van der Waals surface area contributed by atoms with E-state index in [9.17, 15) is 13.9 Å². The lowest BCUT2D eigenvalue weighted by molar-refractivity contribution is 0.0336. The summed E-state index contributed by atoms with van der Waals surface area (Å²) in [4.78, 5) is 0. The first-order valence-corrected chi connectivity index (χ1v) is 8.02. The van der Waals surface area contributed by atoms with E-state index in [1.54, 1.807) is 54.6 Å². The fourth-order valence-corrected chi connectivity index (χ4v) is 3.10. The fourth-order valence-electron chi connectivity index (χ4n) is 2.83. The Bertz CT molecular complexity index is 751. The number of benzene rings is 2. The molecule has 23 heavy (non-hydrogen) atoms. The molecule has 0 heterocycles. The zero-order chi connectivity index (χ0) is 16.5. The molecule has 1 nitrogen and oxygen atoms in total. The van der Waals surface area contributed by atoms with E-state index in [2.05, 4.69) is 15.9 Å². The van der Waals surface area contributed by atoms with E-state index >= 15 is 0 Å². The molecule has 0 spiro atoms. The Morgan fingerprint density at radius 3 is 2.17 bits per heavy atom. The standard InChI is InChI=1S/C19H15BrF2O/c20-17-10-8-15(9-11-17)19(23,14-5-2-1-3-6-14)16-7-4-12-18(21,22)13-16/h1-12,23H,13H2. The topological polar surface area (TPSA) is 20.2 Å². The van der Waals surface area contributed by atoms with Crippen molar-refractivity contribution >= 4 is 15.9 Å². The van der Waals surface area contributed by atoms with Crippen LogP contribution < -0.4 is 0 Å². The van der Waals surface area contributed by atoms with Crippen molar-refractivity contribution in [3.63, 3.8) is 0 Å². The molecule has 2 aromatic rings. The second-order valence-corrected chi connectivity index (χ2v) is 6.49. The van der Waals surface area contributed by atoms with Gasteiger partial charge in [0.2, 0.25) is 0 Å². The highest BCUT2D eigenvalue weighted by Crippen LogP contribution is 2.43. The maximum absolute atomic E-state index is 13.8. The van der Waals surface area contributed by atoms with Gasteiger partial charge in [-0.15, -0.1) is 0 Å². The minimum atomic E-state index is -2.96. The predicted octanol–water partition coefficient (Wildman–Crippen LogP) is 5.21. The average Bonchev–Trinajstić information content (AvgIpc) is 2.54. The number of hydrogen-bond acceptors (Lipinski definition) is 1. The first kappa shape index (κ1) is 16.1. The largest absolute Gasteiger partial charge is 0.376 e. The van der Waals surface area contributed by atoms with Gasteiger partial charge in [0.25, 0.3) is 5.92 Å². The molecule has 1 N–H and O–H groups in total. The van der Waals surface area contributed by atoms with Gasteiger partial charge in [-0.2, -0.15) is 0 Å². The third-order valence-corrected chi connectivity index (χ3v) is 4.51. The van der Waals surface area contributed by atoms with Gasteiger partial charge in [0, 0.05) is 10.9 Å². The van der Waals surface area contributed by atoms with Crippen LogP contribution in [0.3, 0.4) is 0 Å². The Morgan fingerprint density at radius 1 is 0.957 bits per heavy atom. The van der Waals surface area contributed by atoms with Crippen LogP contribution in [0.5, 0.6) is 0 Å². The third-order valence-electron chi connectivity index (χ3n) is 3.98. The normalized spacial score (nSPS) is 19.0. The number of halogens is 3. The van der Waals surface area contributed by atoms with E-state index in [4.69, 9.17) is 0 Å². The van der Waals surface area contributed by atoms with Crippen LogP contribution in [0.15, 0.2) is 82.9 Å². The van der Waals surface area contributed by atoms with E-state index in [0.29, 0.717) is 11.1 Å². The first-order valence-electron chi connectivity index (χ1n) is 7.22. The molecule has 1 atom stereocenters. The predicted molar refractivity (Wildman–Crippen MR) is 90.4 cm³/mol. The van der Waals surface area contributed by atoms with Crippen LogP contribution in [0.2, 0.25) is 0 Å². The molecule has 1 aliphatic carbocycles. The highest BCUT2D eigenvalue weighted by molar-refractivity contribution is 9.10. The van der Waals surface area contributed by atoms with Crippen molar-refractivity contribution in [3.05, 3.63) is 94.0 Å². The van der Waals surface area contributed by atoms with Crippen LogP contribution in [0.25, 0.3) is 0 Å². The zero-order valence-corrected chi connectivity index (χ0v) is 13.8. The molecule has 0 amide bonds. The Hall–Kier alpha value is -1.78. The monoisotopic (exact) mass is 376 g/mol. The van der Waals surface area contributed by atoms with Crippen molar-refractivity contribution in [2.45, 2.75) is 17.9 Å². The smallest absolute Gasteiger partial charge is 0.270 e. The fraction of sp³-hybridized carbons (Fsp3) is 0.158. The Labute approximate surface area is 142 Å². The molecular weight excluding hydrogens is 362 g/mol. The van der Waals surface area contributed by atoms with Crippen LogP contribution >= 0.6 is 15.9 Å². The molecule has 1 aliphatic rings. The quantitative estimate of drug-likeness (QED) is 0.779. The molecule has 0 radical (unpaired) electrons. The Kier molecular flexibility index (Phi) is 4.21. The Morgan fingerprint density at radius 2 is 1.57 bits per heavy atom. The summed E-state index contributed by atoms with van der Waals surface area (Å²) in [5.74, 6) is -2.96. The van der Waals surface area contributed by atoms with Gasteiger partial charge >= 0.3 is 0 Å². The van der Waals surface area contributed by atoms with E-state index in [0.717, 1.165) is 10.5 Å². The summed E-state index contributed by atoms with van der Waals surface area (Å²) >= 11 is 3.36. The van der Waals surface area contributed by atoms with Crippen LogP contribution in [0, 0.1) is 0 Å². The van der Waals surface area contributed by atoms with Crippen molar-refractivity contribution in [3.8, 4) is 0 Å². The number of allylic oxidation sites excluding steroid dienone is 3. The second kappa shape index (κ2) is 6.02. The lowest BCUT2D eigenvalue weighted by atomic mass is 9.76.